The van der Waals surface area contributed by atoms with Crippen LogP contribution in [-0.4, -0.2) is 39.2 Å². The van der Waals surface area contributed by atoms with Gasteiger partial charge >= 0.3 is 0 Å². The number of H-pyrrole nitrogens is 1. The predicted molar refractivity (Wildman–Crippen MR) is 95.2 cm³/mol. The topological polar surface area (TPSA) is 69.5 Å². The van der Waals surface area contributed by atoms with Crippen molar-refractivity contribution >= 4 is 22.7 Å². The van der Waals surface area contributed by atoms with Crippen LogP contribution in [0.2, 0.25) is 0 Å². The number of nitrogens with zero attached hydrogens (tertiary/aromatic N) is 2. The molecule has 1 aromatic carbocycles. The zero-order chi connectivity index (χ0) is 17.8. The average molecular weight is 349 g/mol. The van der Waals surface area contributed by atoms with Crippen molar-refractivity contribution < 1.29 is 14.0 Å². The number of nitrogens with one attached hydrogen (secondary N) is 1. The van der Waals surface area contributed by atoms with Crippen LogP contribution in [0.1, 0.15) is 30.0 Å². The van der Waals surface area contributed by atoms with E-state index in [4.69, 9.17) is 4.42 Å². The number of carbonyl (C=O) groups is 2. The molecule has 1 N–H and O–H groups in total. The van der Waals surface area contributed by atoms with Crippen molar-refractivity contribution in [3.05, 3.63) is 59.7 Å². The number of amides is 2. The van der Waals surface area contributed by atoms with Gasteiger partial charge in [-0.2, -0.15) is 0 Å². The van der Waals surface area contributed by atoms with Crippen molar-refractivity contribution in [3.8, 4) is 0 Å². The molecule has 1 saturated heterocycles. The average Bonchev–Trinajstić information content (AvgIpc) is 3.27. The molecule has 1 fully saturated rings. The van der Waals surface area contributed by atoms with Gasteiger partial charge in [0.05, 0.1) is 18.8 Å². The first-order chi connectivity index (χ1) is 12.6. The van der Waals surface area contributed by atoms with Gasteiger partial charge in [0, 0.05) is 23.0 Å². The molecule has 0 radical (unpaired) electrons. The Kier molecular flexibility index (Phi) is 3.22. The molecule has 0 saturated carbocycles. The van der Waals surface area contributed by atoms with Gasteiger partial charge < -0.3 is 19.2 Å². The van der Waals surface area contributed by atoms with Crippen LogP contribution in [0.25, 0.3) is 10.9 Å². The summed E-state index contributed by atoms with van der Waals surface area (Å²) in [5, 5.41) is 1.14. The molecular weight excluding hydrogens is 330 g/mol. The summed E-state index contributed by atoms with van der Waals surface area (Å²) >= 11 is 0. The maximum atomic E-state index is 13.1. The monoisotopic (exact) mass is 349 g/mol. The zero-order valence-corrected chi connectivity index (χ0v) is 14.4. The van der Waals surface area contributed by atoms with Crippen LogP contribution in [0.15, 0.2) is 47.1 Å². The third kappa shape index (κ3) is 2.11. The van der Waals surface area contributed by atoms with Crippen molar-refractivity contribution in [2.24, 2.45) is 0 Å². The SMILES string of the molecule is C[C@@H]1c2[nH]c3ccccc3c2C[C@H]2C(=O)N(Cc3ccco3)CC(=O)N12. The standard InChI is InChI=1S/C20H19N3O3/c1-12-19-15(14-6-2-3-7-16(14)21-19)9-17-20(25)22(11-18(24)23(12)17)10-13-5-4-8-26-13/h2-8,12,17,21H,9-11H2,1H3/t12-,17+/m1/s1. The van der Waals surface area contributed by atoms with Gasteiger partial charge in [-0.25, -0.2) is 0 Å². The summed E-state index contributed by atoms with van der Waals surface area (Å²) in [6.45, 7) is 2.42. The van der Waals surface area contributed by atoms with Crippen molar-refractivity contribution in [3.63, 3.8) is 0 Å². The minimum atomic E-state index is -0.451. The Balaban J connectivity index is 1.54. The summed E-state index contributed by atoms with van der Waals surface area (Å²) in [6.07, 6.45) is 2.13. The smallest absolute Gasteiger partial charge is 0.246 e. The molecule has 2 aromatic heterocycles. The number of carbonyl (C=O) groups excluding carboxylic acids is 2. The highest BCUT2D eigenvalue weighted by atomic mass is 16.3. The fourth-order valence-electron chi connectivity index (χ4n) is 4.35. The van der Waals surface area contributed by atoms with Crippen molar-refractivity contribution in [2.75, 3.05) is 6.54 Å². The van der Waals surface area contributed by atoms with Crippen LogP contribution in [0.5, 0.6) is 0 Å². The lowest BCUT2D eigenvalue weighted by Crippen LogP contribution is -2.62. The molecule has 0 bridgehead atoms. The third-order valence-electron chi connectivity index (χ3n) is 5.55. The second-order valence-corrected chi connectivity index (χ2v) is 7.03. The molecule has 0 unspecified atom stereocenters. The van der Waals surface area contributed by atoms with Gasteiger partial charge in [0.1, 0.15) is 18.3 Å². The van der Waals surface area contributed by atoms with E-state index in [1.54, 1.807) is 22.1 Å². The summed E-state index contributed by atoms with van der Waals surface area (Å²) in [4.78, 5) is 32.8. The molecule has 6 nitrogen and oxygen atoms in total. The van der Waals surface area contributed by atoms with Crippen LogP contribution >= 0.6 is 0 Å². The van der Waals surface area contributed by atoms with E-state index in [0.29, 0.717) is 18.7 Å². The van der Waals surface area contributed by atoms with Crippen molar-refractivity contribution in [2.45, 2.75) is 32.0 Å². The van der Waals surface area contributed by atoms with Crippen LogP contribution < -0.4 is 0 Å². The van der Waals surface area contributed by atoms with Gasteiger partial charge in [0.25, 0.3) is 0 Å². The molecule has 2 aliphatic heterocycles. The van der Waals surface area contributed by atoms with E-state index >= 15 is 0 Å². The lowest BCUT2D eigenvalue weighted by Gasteiger charge is -2.45. The van der Waals surface area contributed by atoms with E-state index in [1.165, 1.54) is 0 Å². The molecule has 4 heterocycles. The van der Waals surface area contributed by atoms with Gasteiger partial charge in [-0.1, -0.05) is 18.2 Å². The molecule has 0 spiro atoms. The molecule has 26 heavy (non-hydrogen) atoms. The van der Waals surface area contributed by atoms with Gasteiger partial charge in [0.2, 0.25) is 11.8 Å². The lowest BCUT2D eigenvalue weighted by molar-refractivity contribution is -0.160. The normalized spacial score (nSPS) is 22.7. The summed E-state index contributed by atoms with van der Waals surface area (Å²) in [6, 6.07) is 11.1. The fourth-order valence-corrected chi connectivity index (χ4v) is 4.35. The number of benzene rings is 1. The number of hydrogen-bond donors (Lipinski definition) is 1. The Morgan fingerprint density at radius 3 is 2.85 bits per heavy atom. The van der Waals surface area contributed by atoms with Gasteiger partial charge in [-0.15, -0.1) is 0 Å². The molecular formula is C20H19N3O3. The Bertz CT molecular complexity index is 1000. The minimum absolute atomic E-state index is 0.0104. The second-order valence-electron chi connectivity index (χ2n) is 7.03. The second kappa shape index (κ2) is 5.49. The lowest BCUT2D eigenvalue weighted by atomic mass is 9.90. The number of hydrogen-bond acceptors (Lipinski definition) is 3. The summed E-state index contributed by atoms with van der Waals surface area (Å²) in [5.74, 6) is 0.665. The Hall–Kier alpha value is -3.02. The van der Waals surface area contributed by atoms with E-state index in [0.717, 1.165) is 22.2 Å². The summed E-state index contributed by atoms with van der Waals surface area (Å²) < 4.78 is 5.35. The van der Waals surface area contributed by atoms with Crippen LogP contribution in [0, 0.1) is 0 Å². The number of rotatable bonds is 2. The molecule has 2 aliphatic rings. The molecule has 2 amide bonds. The first-order valence-corrected chi connectivity index (χ1v) is 8.85. The zero-order valence-electron chi connectivity index (χ0n) is 14.4. The summed E-state index contributed by atoms with van der Waals surface area (Å²) in [7, 11) is 0. The molecule has 3 aromatic rings. The van der Waals surface area contributed by atoms with Gasteiger partial charge in [0.15, 0.2) is 0 Å². The molecule has 2 atom stereocenters. The van der Waals surface area contributed by atoms with E-state index in [1.807, 2.05) is 31.2 Å². The van der Waals surface area contributed by atoms with Crippen LogP contribution in [0.4, 0.5) is 0 Å². The number of fused-ring (bicyclic) bond motifs is 4. The van der Waals surface area contributed by atoms with Crippen molar-refractivity contribution in [1.29, 1.82) is 0 Å². The van der Waals surface area contributed by atoms with E-state index in [9.17, 15) is 9.59 Å². The fraction of sp³-hybridized carbons (Fsp3) is 0.300. The highest BCUT2D eigenvalue weighted by molar-refractivity contribution is 5.97. The van der Waals surface area contributed by atoms with E-state index < -0.39 is 6.04 Å². The van der Waals surface area contributed by atoms with Crippen molar-refractivity contribution in [1.82, 2.24) is 14.8 Å². The first-order valence-electron chi connectivity index (χ1n) is 8.85. The minimum Gasteiger partial charge on any atom is -0.467 e. The van der Waals surface area contributed by atoms with Gasteiger partial charge in [-0.05, 0) is 30.7 Å². The highest BCUT2D eigenvalue weighted by Gasteiger charge is 2.46. The quantitative estimate of drug-likeness (QED) is 0.773. The largest absolute Gasteiger partial charge is 0.467 e. The number of para-hydroxylation sites is 1. The summed E-state index contributed by atoms with van der Waals surface area (Å²) in [5.41, 5.74) is 3.25. The maximum Gasteiger partial charge on any atom is 0.246 e. The number of aromatic amines is 1. The third-order valence-corrected chi connectivity index (χ3v) is 5.55. The predicted octanol–water partition coefficient (Wildman–Crippen LogP) is 2.62. The molecule has 0 aliphatic carbocycles. The van der Waals surface area contributed by atoms with E-state index in [2.05, 4.69) is 11.1 Å². The number of furan rings is 1. The number of piperazine rings is 1. The molecule has 132 valence electrons. The highest BCUT2D eigenvalue weighted by Crippen LogP contribution is 2.39. The Morgan fingerprint density at radius 2 is 2.04 bits per heavy atom. The van der Waals surface area contributed by atoms with Crippen LogP contribution in [-0.2, 0) is 22.6 Å². The Labute approximate surface area is 150 Å². The van der Waals surface area contributed by atoms with Gasteiger partial charge in [-0.3, -0.25) is 9.59 Å². The van der Waals surface area contributed by atoms with Crippen LogP contribution in [0.3, 0.4) is 0 Å². The first kappa shape index (κ1) is 15.3. The Morgan fingerprint density at radius 1 is 1.19 bits per heavy atom. The maximum absolute atomic E-state index is 13.1. The molecule has 6 heteroatoms. The van der Waals surface area contributed by atoms with E-state index in [-0.39, 0.29) is 24.4 Å². The molecule has 5 rings (SSSR count). The number of aromatic nitrogens is 1.